The van der Waals surface area contributed by atoms with Crippen LogP contribution in [0.15, 0.2) is 78.9 Å². The van der Waals surface area contributed by atoms with Crippen LogP contribution in [0.25, 0.3) is 0 Å². The number of rotatable bonds is 4. The largest absolute Gasteiger partial charge is 0.478 e. The van der Waals surface area contributed by atoms with Gasteiger partial charge < -0.3 is 10.2 Å². The molecule has 162 valence electrons. The van der Waals surface area contributed by atoms with E-state index in [1.54, 1.807) is 12.1 Å². The minimum absolute atomic E-state index is 0.105. The van der Waals surface area contributed by atoms with Crippen LogP contribution in [0, 0.1) is 5.92 Å². The molecule has 4 heteroatoms. The van der Waals surface area contributed by atoms with Gasteiger partial charge in [0.2, 0.25) is 0 Å². The molecule has 2 aliphatic rings. The Kier molecular flexibility index (Phi) is 4.98. The molecule has 1 fully saturated rings. The van der Waals surface area contributed by atoms with Crippen LogP contribution in [0.1, 0.15) is 51.9 Å². The third kappa shape index (κ3) is 3.26. The number of carboxylic acid groups (broad SMARTS) is 1. The van der Waals surface area contributed by atoms with Gasteiger partial charge in [-0.15, -0.1) is 0 Å². The highest BCUT2D eigenvalue weighted by atomic mass is 16.4. The predicted molar refractivity (Wildman–Crippen MR) is 122 cm³/mol. The highest BCUT2D eigenvalue weighted by molar-refractivity contribution is 5.91. The fourth-order valence-corrected chi connectivity index (χ4v) is 5.94. The molecule has 0 amide bonds. The molecule has 2 aliphatic carbocycles. The molecule has 32 heavy (non-hydrogen) atoms. The van der Waals surface area contributed by atoms with Crippen LogP contribution >= 0.6 is 0 Å². The lowest BCUT2D eigenvalue weighted by Crippen LogP contribution is -2.55. The monoisotopic (exact) mass is 426 g/mol. The lowest BCUT2D eigenvalue weighted by molar-refractivity contribution is -0.150. The first-order valence-electron chi connectivity index (χ1n) is 11.1. The summed E-state index contributed by atoms with van der Waals surface area (Å²) in [5, 5.41) is 21.0. The first kappa shape index (κ1) is 20.7. The normalized spacial score (nSPS) is 26.8. The molecular formula is C28H26O4. The van der Waals surface area contributed by atoms with E-state index in [1.807, 2.05) is 54.6 Å². The van der Waals surface area contributed by atoms with Crippen LogP contribution in [0.2, 0.25) is 0 Å². The van der Waals surface area contributed by atoms with Gasteiger partial charge in [-0.3, -0.25) is 4.79 Å². The van der Waals surface area contributed by atoms with Gasteiger partial charge in [-0.25, -0.2) is 4.79 Å². The number of aromatic carboxylic acids is 1. The summed E-state index contributed by atoms with van der Waals surface area (Å²) in [6, 6.07) is 24.7. The number of carbonyl (C=O) groups excluding carboxylic acids is 1. The number of hydrogen-bond acceptors (Lipinski definition) is 3. The quantitative estimate of drug-likeness (QED) is 0.635. The van der Waals surface area contributed by atoms with Crippen LogP contribution < -0.4 is 0 Å². The van der Waals surface area contributed by atoms with E-state index in [1.165, 1.54) is 0 Å². The lowest BCUT2D eigenvalue weighted by atomic mass is 9.51. The minimum Gasteiger partial charge on any atom is -0.478 e. The van der Waals surface area contributed by atoms with Gasteiger partial charge in [-0.2, -0.15) is 0 Å². The van der Waals surface area contributed by atoms with E-state index < -0.39 is 17.0 Å². The summed E-state index contributed by atoms with van der Waals surface area (Å²) in [5.74, 6) is -0.995. The molecule has 0 radical (unpaired) electrons. The number of carboxylic acids is 1. The molecule has 0 spiro atoms. The molecule has 0 aromatic heterocycles. The van der Waals surface area contributed by atoms with Gasteiger partial charge in [-0.1, -0.05) is 66.7 Å². The zero-order valence-corrected chi connectivity index (χ0v) is 17.8. The van der Waals surface area contributed by atoms with Gasteiger partial charge >= 0.3 is 5.97 Å². The minimum atomic E-state index is -1.48. The highest BCUT2D eigenvalue weighted by Crippen LogP contribution is 2.55. The molecule has 2 N–H and O–H groups in total. The van der Waals surface area contributed by atoms with Crippen LogP contribution in [-0.2, 0) is 28.7 Å². The Balaban J connectivity index is 1.63. The molecule has 0 bridgehead atoms. The summed E-state index contributed by atoms with van der Waals surface area (Å²) in [7, 11) is 0. The average molecular weight is 427 g/mol. The second-order valence-electron chi connectivity index (χ2n) is 9.26. The van der Waals surface area contributed by atoms with E-state index in [9.17, 15) is 19.8 Å². The summed E-state index contributed by atoms with van der Waals surface area (Å²) in [5.41, 5.74) is 2.21. The topological polar surface area (TPSA) is 74.6 Å². The summed E-state index contributed by atoms with van der Waals surface area (Å²) < 4.78 is 0. The Labute approximate surface area is 187 Å². The maximum atomic E-state index is 13.6. The SMILES string of the molecule is O=C(O)c1ccc2c(c1)CC[C@@H]1C[C@@](O)(c3ccccc3)C(=O)C[C@@]21Cc1ccccc1. The van der Waals surface area contributed by atoms with E-state index in [4.69, 9.17) is 0 Å². The Morgan fingerprint density at radius 1 is 0.969 bits per heavy atom. The Hall–Kier alpha value is -3.24. The molecule has 3 aromatic carbocycles. The first-order valence-corrected chi connectivity index (χ1v) is 11.1. The van der Waals surface area contributed by atoms with Crippen LogP contribution in [0.3, 0.4) is 0 Å². The number of benzene rings is 3. The maximum Gasteiger partial charge on any atom is 0.335 e. The van der Waals surface area contributed by atoms with Crippen molar-refractivity contribution < 1.29 is 19.8 Å². The Morgan fingerprint density at radius 3 is 2.34 bits per heavy atom. The van der Waals surface area contributed by atoms with E-state index >= 15 is 0 Å². The van der Waals surface area contributed by atoms with E-state index in [2.05, 4.69) is 12.1 Å². The van der Waals surface area contributed by atoms with Crippen molar-refractivity contribution in [2.45, 2.75) is 43.1 Å². The predicted octanol–water partition coefficient (Wildman–Crippen LogP) is 4.68. The average Bonchev–Trinajstić information content (AvgIpc) is 2.81. The van der Waals surface area contributed by atoms with E-state index in [0.717, 1.165) is 29.5 Å². The van der Waals surface area contributed by atoms with E-state index in [-0.39, 0.29) is 23.7 Å². The molecule has 1 saturated carbocycles. The fourth-order valence-electron chi connectivity index (χ4n) is 5.94. The second kappa shape index (κ2) is 7.72. The van der Waals surface area contributed by atoms with Crippen molar-refractivity contribution in [3.05, 3.63) is 107 Å². The Bertz CT molecular complexity index is 1170. The molecule has 4 nitrogen and oxygen atoms in total. The summed E-state index contributed by atoms with van der Waals surface area (Å²) in [4.78, 5) is 25.2. The number of aryl methyl sites for hydroxylation is 1. The third-order valence-corrected chi connectivity index (χ3v) is 7.53. The fraction of sp³-hybridized carbons (Fsp3) is 0.286. The van der Waals surface area contributed by atoms with Gasteiger partial charge in [0.25, 0.3) is 0 Å². The van der Waals surface area contributed by atoms with Gasteiger partial charge in [0.05, 0.1) is 5.56 Å². The number of ketones is 1. The van der Waals surface area contributed by atoms with Crippen LogP contribution in [0.4, 0.5) is 0 Å². The molecule has 0 heterocycles. The molecular weight excluding hydrogens is 400 g/mol. The molecule has 3 aromatic rings. The molecule has 0 aliphatic heterocycles. The summed E-state index contributed by atoms with van der Waals surface area (Å²) >= 11 is 0. The van der Waals surface area contributed by atoms with Crippen molar-refractivity contribution in [3.63, 3.8) is 0 Å². The van der Waals surface area contributed by atoms with Crippen molar-refractivity contribution >= 4 is 11.8 Å². The molecule has 5 rings (SSSR count). The molecule has 0 saturated heterocycles. The van der Waals surface area contributed by atoms with Crippen molar-refractivity contribution in [3.8, 4) is 0 Å². The van der Waals surface area contributed by atoms with Gasteiger partial charge in [0.1, 0.15) is 5.60 Å². The number of Topliss-reactive ketones (excluding diaryl/α,β-unsaturated/α-hetero) is 1. The summed E-state index contributed by atoms with van der Waals surface area (Å²) in [6.45, 7) is 0. The van der Waals surface area contributed by atoms with E-state index in [0.29, 0.717) is 18.4 Å². The number of hydrogen-bond donors (Lipinski definition) is 2. The number of carbonyl (C=O) groups is 2. The van der Waals surface area contributed by atoms with Crippen LogP contribution in [0.5, 0.6) is 0 Å². The zero-order chi connectivity index (χ0) is 22.3. The molecule has 0 unspecified atom stereocenters. The zero-order valence-electron chi connectivity index (χ0n) is 17.8. The summed E-state index contributed by atoms with van der Waals surface area (Å²) in [6.07, 6.45) is 2.86. The highest BCUT2D eigenvalue weighted by Gasteiger charge is 2.56. The Morgan fingerprint density at radius 2 is 1.66 bits per heavy atom. The van der Waals surface area contributed by atoms with Gasteiger partial charge in [0, 0.05) is 11.8 Å². The van der Waals surface area contributed by atoms with Crippen molar-refractivity contribution in [2.24, 2.45) is 5.92 Å². The van der Waals surface area contributed by atoms with Crippen molar-refractivity contribution in [1.82, 2.24) is 0 Å². The maximum absolute atomic E-state index is 13.6. The number of fused-ring (bicyclic) bond motifs is 3. The van der Waals surface area contributed by atoms with Gasteiger partial charge in [0.15, 0.2) is 5.78 Å². The smallest absolute Gasteiger partial charge is 0.335 e. The number of aliphatic hydroxyl groups is 1. The van der Waals surface area contributed by atoms with Crippen LogP contribution in [-0.4, -0.2) is 22.0 Å². The lowest BCUT2D eigenvalue weighted by Gasteiger charge is -2.52. The molecule has 3 atom stereocenters. The van der Waals surface area contributed by atoms with Gasteiger partial charge in [-0.05, 0) is 66.0 Å². The first-order chi connectivity index (χ1) is 15.4. The van der Waals surface area contributed by atoms with Crippen molar-refractivity contribution in [1.29, 1.82) is 0 Å². The van der Waals surface area contributed by atoms with Crippen molar-refractivity contribution in [2.75, 3.05) is 0 Å². The standard InChI is InChI=1S/C28H26O4/c29-25-18-27(16-19-7-3-1-4-8-19)23(17-28(25,32)22-9-5-2-6-10-22)13-11-20-15-21(26(30)31)12-14-24(20)27/h1-10,12,14-15,23,32H,11,13,16-18H2,(H,30,31)/t23-,27-,28-/m1/s1. The third-order valence-electron chi connectivity index (χ3n) is 7.53. The second-order valence-corrected chi connectivity index (χ2v) is 9.26.